The van der Waals surface area contributed by atoms with E-state index in [1.54, 1.807) is 0 Å². The van der Waals surface area contributed by atoms with Crippen molar-refractivity contribution in [2.45, 2.75) is 66.8 Å². The van der Waals surface area contributed by atoms with Crippen LogP contribution in [-0.2, 0) is 22.4 Å². The lowest BCUT2D eigenvalue weighted by Gasteiger charge is -2.13. The first-order valence-corrected chi connectivity index (χ1v) is 11.0. The van der Waals surface area contributed by atoms with E-state index in [-0.39, 0.29) is 12.0 Å². The fourth-order valence-electron chi connectivity index (χ4n) is 3.60. The SMILES string of the molecule is CCOC(=O)CCc1c(C)cc(-c2noc(-c3cc(C)nc(NC(C)C)n3)n2)cc1CC. The van der Waals surface area contributed by atoms with Gasteiger partial charge in [0.2, 0.25) is 11.8 Å². The Kier molecular flexibility index (Phi) is 7.56. The molecule has 2 aromatic heterocycles. The summed E-state index contributed by atoms with van der Waals surface area (Å²) in [5, 5.41) is 7.39. The van der Waals surface area contributed by atoms with Crippen molar-refractivity contribution in [2.24, 2.45) is 0 Å². The number of aryl methyl sites for hydroxylation is 3. The fraction of sp³-hybridized carbons (Fsp3) is 0.458. The normalized spacial score (nSPS) is 11.1. The molecule has 0 unspecified atom stereocenters. The number of nitrogens with one attached hydrogen (secondary N) is 1. The Bertz CT molecular complexity index is 1090. The van der Waals surface area contributed by atoms with Gasteiger partial charge < -0.3 is 14.6 Å². The predicted molar refractivity (Wildman–Crippen MR) is 123 cm³/mol. The van der Waals surface area contributed by atoms with Crippen molar-refractivity contribution in [1.29, 1.82) is 0 Å². The zero-order chi connectivity index (χ0) is 23.3. The molecule has 1 N–H and O–H groups in total. The van der Waals surface area contributed by atoms with Crippen LogP contribution in [-0.4, -0.2) is 38.7 Å². The van der Waals surface area contributed by atoms with Crippen LogP contribution in [0.15, 0.2) is 22.7 Å². The van der Waals surface area contributed by atoms with Crippen LogP contribution < -0.4 is 5.32 Å². The minimum Gasteiger partial charge on any atom is -0.466 e. The summed E-state index contributed by atoms with van der Waals surface area (Å²) in [4.78, 5) is 25.3. The van der Waals surface area contributed by atoms with Crippen LogP contribution >= 0.6 is 0 Å². The van der Waals surface area contributed by atoms with Crippen molar-refractivity contribution in [2.75, 3.05) is 11.9 Å². The summed E-state index contributed by atoms with van der Waals surface area (Å²) >= 11 is 0. The fourth-order valence-corrected chi connectivity index (χ4v) is 3.60. The van der Waals surface area contributed by atoms with Crippen molar-refractivity contribution in [3.63, 3.8) is 0 Å². The Morgan fingerprint density at radius 1 is 1.12 bits per heavy atom. The number of carbonyl (C=O) groups is 1. The van der Waals surface area contributed by atoms with Gasteiger partial charge >= 0.3 is 5.97 Å². The van der Waals surface area contributed by atoms with Gasteiger partial charge in [0.15, 0.2) is 0 Å². The predicted octanol–water partition coefficient (Wildman–Crippen LogP) is 4.69. The molecule has 0 amide bonds. The Morgan fingerprint density at radius 3 is 2.59 bits per heavy atom. The average molecular weight is 438 g/mol. The smallest absolute Gasteiger partial charge is 0.306 e. The maximum absolute atomic E-state index is 11.8. The Hall–Kier alpha value is -3.29. The number of benzene rings is 1. The molecule has 1 aromatic carbocycles. The molecule has 0 spiro atoms. The van der Waals surface area contributed by atoms with Gasteiger partial charge in [-0.05, 0) is 82.3 Å². The molecule has 0 aliphatic heterocycles. The number of rotatable bonds is 9. The third kappa shape index (κ3) is 5.69. The first kappa shape index (κ1) is 23.4. The van der Waals surface area contributed by atoms with E-state index < -0.39 is 0 Å². The van der Waals surface area contributed by atoms with Gasteiger partial charge in [-0.15, -0.1) is 0 Å². The van der Waals surface area contributed by atoms with Crippen LogP contribution in [0.2, 0.25) is 0 Å². The number of carbonyl (C=O) groups excluding carboxylic acids is 1. The molecule has 0 radical (unpaired) electrons. The zero-order valence-corrected chi connectivity index (χ0v) is 19.7. The Morgan fingerprint density at radius 2 is 1.91 bits per heavy atom. The molecule has 2 heterocycles. The first-order valence-electron chi connectivity index (χ1n) is 11.0. The van der Waals surface area contributed by atoms with Gasteiger partial charge in [-0.2, -0.15) is 4.98 Å². The van der Waals surface area contributed by atoms with E-state index in [2.05, 4.69) is 38.4 Å². The summed E-state index contributed by atoms with van der Waals surface area (Å²) in [7, 11) is 0. The Balaban J connectivity index is 1.88. The van der Waals surface area contributed by atoms with Crippen molar-refractivity contribution in [1.82, 2.24) is 20.1 Å². The van der Waals surface area contributed by atoms with Crippen molar-refractivity contribution < 1.29 is 14.1 Å². The lowest BCUT2D eigenvalue weighted by Crippen LogP contribution is -2.13. The van der Waals surface area contributed by atoms with E-state index >= 15 is 0 Å². The van der Waals surface area contributed by atoms with E-state index in [1.165, 1.54) is 5.56 Å². The highest BCUT2D eigenvalue weighted by Gasteiger charge is 2.17. The summed E-state index contributed by atoms with van der Waals surface area (Å²) in [6.45, 7) is 12.3. The quantitative estimate of drug-likeness (QED) is 0.481. The summed E-state index contributed by atoms with van der Waals surface area (Å²) < 4.78 is 10.6. The van der Waals surface area contributed by atoms with Gasteiger partial charge in [-0.25, -0.2) is 9.97 Å². The molecule has 8 heteroatoms. The number of aromatic nitrogens is 4. The molecule has 3 aromatic rings. The highest BCUT2D eigenvalue weighted by molar-refractivity contribution is 5.70. The summed E-state index contributed by atoms with van der Waals surface area (Å²) in [5.74, 6) is 1.21. The number of anilines is 1. The minimum atomic E-state index is -0.174. The van der Waals surface area contributed by atoms with Crippen molar-refractivity contribution in [3.05, 3.63) is 40.6 Å². The number of ether oxygens (including phenoxy) is 1. The molecule has 0 atom stereocenters. The van der Waals surface area contributed by atoms with Gasteiger partial charge in [0.25, 0.3) is 5.89 Å². The zero-order valence-electron chi connectivity index (χ0n) is 19.7. The third-order valence-electron chi connectivity index (χ3n) is 5.01. The summed E-state index contributed by atoms with van der Waals surface area (Å²) in [6.07, 6.45) is 1.86. The monoisotopic (exact) mass is 437 g/mol. The topological polar surface area (TPSA) is 103 Å². The molecule has 3 rings (SSSR count). The molecular weight excluding hydrogens is 406 g/mol. The van der Waals surface area contributed by atoms with Crippen LogP contribution in [0.25, 0.3) is 23.0 Å². The summed E-state index contributed by atoms with van der Waals surface area (Å²) in [5.41, 5.74) is 5.70. The maximum Gasteiger partial charge on any atom is 0.306 e. The Labute approximate surface area is 188 Å². The van der Waals surface area contributed by atoms with E-state index in [9.17, 15) is 4.79 Å². The number of hydrogen-bond acceptors (Lipinski definition) is 8. The lowest BCUT2D eigenvalue weighted by molar-refractivity contribution is -0.143. The van der Waals surface area contributed by atoms with Gasteiger partial charge in [0.1, 0.15) is 5.69 Å². The molecule has 32 heavy (non-hydrogen) atoms. The highest BCUT2D eigenvalue weighted by Crippen LogP contribution is 2.27. The lowest BCUT2D eigenvalue weighted by atomic mass is 9.93. The van der Waals surface area contributed by atoms with Crippen molar-refractivity contribution >= 4 is 11.9 Å². The van der Waals surface area contributed by atoms with Gasteiger partial charge in [-0.3, -0.25) is 4.79 Å². The standard InChI is InChI=1S/C24H31N5O3/c1-7-17-13-18(11-15(5)19(17)9-10-21(30)31-8-2)22-28-23(32-29-22)20-12-16(6)26-24(27-20)25-14(3)4/h11-14H,7-10H2,1-6H3,(H,25,26,27). The first-order chi connectivity index (χ1) is 15.3. The maximum atomic E-state index is 11.8. The second-order valence-electron chi connectivity index (χ2n) is 8.03. The summed E-state index contributed by atoms with van der Waals surface area (Å²) in [6, 6.07) is 6.13. The molecule has 170 valence electrons. The van der Waals surface area contributed by atoms with Gasteiger partial charge in [-0.1, -0.05) is 12.1 Å². The van der Waals surface area contributed by atoms with Crippen LogP contribution in [0, 0.1) is 13.8 Å². The van der Waals surface area contributed by atoms with Crippen molar-refractivity contribution in [3.8, 4) is 23.0 Å². The highest BCUT2D eigenvalue weighted by atomic mass is 16.5. The second kappa shape index (κ2) is 10.3. The van der Waals surface area contributed by atoms with E-state index in [0.717, 1.165) is 28.8 Å². The van der Waals surface area contributed by atoms with Gasteiger partial charge in [0.05, 0.1) is 6.61 Å². The molecule has 0 bridgehead atoms. The molecule has 0 fully saturated rings. The molecule has 0 saturated carbocycles. The molecule has 0 aliphatic carbocycles. The number of esters is 1. The van der Waals surface area contributed by atoms with Crippen LogP contribution in [0.5, 0.6) is 0 Å². The van der Waals surface area contributed by atoms with E-state index in [4.69, 9.17) is 9.26 Å². The van der Waals surface area contributed by atoms with Crippen LogP contribution in [0.1, 0.15) is 56.5 Å². The van der Waals surface area contributed by atoms with E-state index in [1.807, 2.05) is 46.8 Å². The average Bonchev–Trinajstić information content (AvgIpc) is 3.22. The van der Waals surface area contributed by atoms with E-state index in [0.29, 0.717) is 42.8 Å². The number of nitrogens with zero attached hydrogens (tertiary/aromatic N) is 4. The van der Waals surface area contributed by atoms with Crippen LogP contribution in [0.3, 0.4) is 0 Å². The van der Waals surface area contributed by atoms with Gasteiger partial charge in [0, 0.05) is 23.7 Å². The molecular formula is C24H31N5O3. The third-order valence-corrected chi connectivity index (χ3v) is 5.01. The molecule has 8 nitrogen and oxygen atoms in total. The second-order valence-corrected chi connectivity index (χ2v) is 8.03. The minimum absolute atomic E-state index is 0.174. The molecule has 0 saturated heterocycles. The van der Waals surface area contributed by atoms with Crippen LogP contribution in [0.4, 0.5) is 5.95 Å². The number of hydrogen-bond donors (Lipinski definition) is 1. The molecule has 0 aliphatic rings. The largest absolute Gasteiger partial charge is 0.466 e.